The van der Waals surface area contributed by atoms with E-state index < -0.39 is 0 Å². The third kappa shape index (κ3) is 3.76. The van der Waals surface area contributed by atoms with Gasteiger partial charge in [0, 0.05) is 5.70 Å². The highest BCUT2D eigenvalue weighted by molar-refractivity contribution is 6.27. The van der Waals surface area contributed by atoms with Crippen LogP contribution in [0, 0.1) is 18.3 Å². The van der Waals surface area contributed by atoms with Gasteiger partial charge in [-0.2, -0.15) is 0 Å². The molecule has 18 heavy (non-hydrogen) atoms. The number of nitrogens with zero attached hydrogens (tertiary/aromatic N) is 1. The second-order valence-electron chi connectivity index (χ2n) is 4.60. The van der Waals surface area contributed by atoms with E-state index in [1.54, 1.807) is 4.90 Å². The highest BCUT2D eigenvalue weighted by Crippen LogP contribution is 2.32. The molecule has 1 amide bonds. The predicted molar refractivity (Wildman–Crippen MR) is 72.9 cm³/mol. The molecule has 0 aromatic rings. The summed E-state index contributed by atoms with van der Waals surface area (Å²) >= 11 is 5.66. The van der Waals surface area contributed by atoms with Crippen molar-refractivity contribution in [3.05, 3.63) is 11.3 Å². The van der Waals surface area contributed by atoms with Crippen molar-refractivity contribution >= 4 is 17.5 Å². The molecule has 0 spiro atoms. The maximum Gasteiger partial charge on any atom is 0.243 e. The molecule has 0 saturated heterocycles. The molecule has 0 aromatic heterocycles. The number of allylic oxidation sites excluding steroid dienone is 2. The molecule has 0 fully saturated rings. The van der Waals surface area contributed by atoms with E-state index in [1.165, 1.54) is 12.0 Å². The van der Waals surface area contributed by atoms with E-state index in [0.29, 0.717) is 5.92 Å². The van der Waals surface area contributed by atoms with Crippen LogP contribution in [0.2, 0.25) is 0 Å². The zero-order valence-corrected chi connectivity index (χ0v) is 11.8. The van der Waals surface area contributed by atoms with Gasteiger partial charge >= 0.3 is 0 Å². The Balaban J connectivity index is 2.87. The van der Waals surface area contributed by atoms with Crippen LogP contribution in [-0.4, -0.2) is 30.0 Å². The number of carbonyl (C=O) groups excluding carboxylic acids is 1. The van der Waals surface area contributed by atoms with E-state index in [9.17, 15) is 4.79 Å². The van der Waals surface area contributed by atoms with Crippen LogP contribution in [0.25, 0.3) is 0 Å². The average Bonchev–Trinajstić information content (AvgIpc) is 2.36. The van der Waals surface area contributed by atoms with Gasteiger partial charge in [-0.15, -0.1) is 18.0 Å². The lowest BCUT2D eigenvalue weighted by Crippen LogP contribution is -2.37. The summed E-state index contributed by atoms with van der Waals surface area (Å²) in [6.45, 7) is 4.59. The number of halogens is 1. The van der Waals surface area contributed by atoms with Crippen LogP contribution in [0.1, 0.15) is 33.1 Å². The van der Waals surface area contributed by atoms with Gasteiger partial charge in [0.15, 0.2) is 0 Å². The third-order valence-electron chi connectivity index (χ3n) is 3.20. The monoisotopic (exact) mass is 269 g/mol. The summed E-state index contributed by atoms with van der Waals surface area (Å²) in [7, 11) is 0. The fraction of sp³-hybridized carbons (Fsp3) is 0.643. The number of alkyl halides is 1. The number of amides is 1. The molecule has 1 aliphatic rings. The lowest BCUT2D eigenvalue weighted by molar-refractivity contribution is -0.131. The van der Waals surface area contributed by atoms with Gasteiger partial charge in [-0.05, 0) is 32.1 Å². The Morgan fingerprint density at radius 2 is 2.39 bits per heavy atom. The van der Waals surface area contributed by atoms with E-state index in [4.69, 9.17) is 22.8 Å². The van der Waals surface area contributed by atoms with Crippen molar-refractivity contribution in [2.75, 3.05) is 19.2 Å². The fourth-order valence-electron chi connectivity index (χ4n) is 2.40. The van der Waals surface area contributed by atoms with Gasteiger partial charge in [0.25, 0.3) is 0 Å². The second-order valence-corrected chi connectivity index (χ2v) is 4.86. The van der Waals surface area contributed by atoms with Crippen molar-refractivity contribution in [3.63, 3.8) is 0 Å². The molecule has 1 aliphatic carbocycles. The van der Waals surface area contributed by atoms with Crippen LogP contribution in [0.15, 0.2) is 11.3 Å². The zero-order valence-electron chi connectivity index (χ0n) is 11.0. The molecular weight excluding hydrogens is 250 g/mol. The zero-order chi connectivity index (χ0) is 13.5. The molecule has 0 N–H and O–H groups in total. The SMILES string of the molecule is C#CCOCN(C(=O)CCl)C1=C(C)CCCC1C. The molecule has 0 bridgehead atoms. The Kier molecular flexibility index (Phi) is 6.24. The van der Waals surface area contributed by atoms with Crippen LogP contribution in [0.5, 0.6) is 0 Å². The summed E-state index contributed by atoms with van der Waals surface area (Å²) in [5, 5.41) is 0. The number of terminal acetylenes is 1. The molecule has 4 heteroatoms. The summed E-state index contributed by atoms with van der Waals surface area (Å²) < 4.78 is 5.29. The Morgan fingerprint density at radius 1 is 1.67 bits per heavy atom. The standard InChI is InChI=1S/C14H20ClNO2/c1-4-8-18-10-16(13(17)9-15)14-11(2)6-5-7-12(14)3/h1,11H,5-10H2,2-3H3. The normalized spacial score (nSPS) is 19.6. The molecule has 0 saturated carbocycles. The van der Waals surface area contributed by atoms with E-state index >= 15 is 0 Å². The number of carbonyl (C=O) groups is 1. The Hall–Kier alpha value is -0.980. The van der Waals surface area contributed by atoms with E-state index in [1.807, 2.05) is 0 Å². The minimum Gasteiger partial charge on any atom is -0.348 e. The van der Waals surface area contributed by atoms with E-state index in [2.05, 4.69) is 19.8 Å². The van der Waals surface area contributed by atoms with Crippen molar-refractivity contribution in [2.45, 2.75) is 33.1 Å². The number of rotatable bonds is 5. The molecule has 100 valence electrons. The highest BCUT2D eigenvalue weighted by Gasteiger charge is 2.26. The molecule has 3 nitrogen and oxygen atoms in total. The van der Waals surface area contributed by atoms with Crippen LogP contribution in [-0.2, 0) is 9.53 Å². The van der Waals surface area contributed by atoms with Crippen molar-refractivity contribution in [3.8, 4) is 12.3 Å². The number of hydrogen-bond acceptors (Lipinski definition) is 2. The van der Waals surface area contributed by atoms with Crippen molar-refractivity contribution < 1.29 is 9.53 Å². The number of hydrogen-bond donors (Lipinski definition) is 0. The largest absolute Gasteiger partial charge is 0.348 e. The molecular formula is C14H20ClNO2. The summed E-state index contributed by atoms with van der Waals surface area (Å²) in [5.41, 5.74) is 2.31. The highest BCUT2D eigenvalue weighted by atomic mass is 35.5. The van der Waals surface area contributed by atoms with Crippen molar-refractivity contribution in [1.82, 2.24) is 4.90 Å². The molecule has 0 radical (unpaired) electrons. The topological polar surface area (TPSA) is 29.5 Å². The molecule has 1 atom stereocenters. The van der Waals surface area contributed by atoms with Gasteiger partial charge in [-0.1, -0.05) is 18.4 Å². The van der Waals surface area contributed by atoms with Gasteiger partial charge in [-0.3, -0.25) is 9.69 Å². The Labute approximate surface area is 114 Å². The first-order valence-electron chi connectivity index (χ1n) is 6.19. The maximum atomic E-state index is 11.9. The molecule has 0 aromatic carbocycles. The van der Waals surface area contributed by atoms with Crippen LogP contribution in [0.4, 0.5) is 0 Å². The van der Waals surface area contributed by atoms with Gasteiger partial charge in [0.1, 0.15) is 19.2 Å². The third-order valence-corrected chi connectivity index (χ3v) is 3.43. The minimum atomic E-state index is -0.128. The Bertz CT molecular complexity index is 370. The van der Waals surface area contributed by atoms with Crippen LogP contribution in [0.3, 0.4) is 0 Å². The first-order valence-corrected chi connectivity index (χ1v) is 6.72. The van der Waals surface area contributed by atoms with Gasteiger partial charge < -0.3 is 4.74 Å². The van der Waals surface area contributed by atoms with E-state index in [0.717, 1.165) is 18.5 Å². The van der Waals surface area contributed by atoms with Crippen molar-refractivity contribution in [2.24, 2.45) is 5.92 Å². The summed E-state index contributed by atoms with van der Waals surface area (Å²) in [4.78, 5) is 13.6. The van der Waals surface area contributed by atoms with Gasteiger partial charge in [-0.25, -0.2) is 0 Å². The van der Waals surface area contributed by atoms with Crippen molar-refractivity contribution in [1.29, 1.82) is 0 Å². The van der Waals surface area contributed by atoms with E-state index in [-0.39, 0.29) is 25.1 Å². The Morgan fingerprint density at radius 3 is 2.94 bits per heavy atom. The van der Waals surface area contributed by atoms with Crippen LogP contribution < -0.4 is 0 Å². The maximum absolute atomic E-state index is 11.9. The second kappa shape index (κ2) is 7.45. The molecule has 0 heterocycles. The van der Waals surface area contributed by atoms with Gasteiger partial charge in [0.2, 0.25) is 5.91 Å². The lowest BCUT2D eigenvalue weighted by Gasteiger charge is -2.33. The number of ether oxygens (including phenoxy) is 1. The molecule has 1 unspecified atom stereocenters. The van der Waals surface area contributed by atoms with Crippen LogP contribution >= 0.6 is 11.6 Å². The minimum absolute atomic E-state index is 0.0388. The predicted octanol–water partition coefficient (Wildman–Crippen LogP) is 2.76. The quantitative estimate of drug-likeness (QED) is 0.332. The smallest absolute Gasteiger partial charge is 0.243 e. The summed E-state index contributed by atoms with van der Waals surface area (Å²) in [6.07, 6.45) is 8.43. The fourth-order valence-corrected chi connectivity index (χ4v) is 2.54. The lowest BCUT2D eigenvalue weighted by atomic mass is 9.88. The summed E-state index contributed by atoms with van der Waals surface area (Å²) in [6, 6.07) is 0. The first kappa shape index (κ1) is 15.1. The molecule has 0 aliphatic heterocycles. The first-order chi connectivity index (χ1) is 8.61. The summed E-state index contributed by atoms with van der Waals surface area (Å²) in [5.74, 6) is 2.59. The molecule has 1 rings (SSSR count). The van der Waals surface area contributed by atoms with Gasteiger partial charge in [0.05, 0.1) is 0 Å². The average molecular weight is 270 g/mol.